The van der Waals surface area contributed by atoms with E-state index in [0.717, 1.165) is 0 Å². The zero-order valence-electron chi connectivity index (χ0n) is 2.98. The van der Waals surface area contributed by atoms with Gasteiger partial charge in [-0.3, -0.25) is 0 Å². The van der Waals surface area contributed by atoms with E-state index in [1.54, 1.807) is 0 Å². The van der Waals surface area contributed by atoms with Crippen molar-refractivity contribution in [3.63, 3.8) is 0 Å². The van der Waals surface area contributed by atoms with Crippen molar-refractivity contribution in [3.8, 4) is 0 Å². The van der Waals surface area contributed by atoms with E-state index in [9.17, 15) is 0 Å². The van der Waals surface area contributed by atoms with Crippen LogP contribution in [-0.2, 0) is 61.2 Å². The van der Waals surface area contributed by atoms with Crippen molar-refractivity contribution in [2.75, 3.05) is 0 Å². The maximum absolute atomic E-state index is 3.03. The summed E-state index contributed by atoms with van der Waals surface area (Å²) in [5.41, 5.74) is 0. The Bertz CT molecular complexity index is 10.9. The van der Waals surface area contributed by atoms with Gasteiger partial charge in [-0.05, 0) is 0 Å². The summed E-state index contributed by atoms with van der Waals surface area (Å²) >= 11 is 8.78. The largest absolute Gasteiger partial charge is 2.00 e. The molecule has 0 aromatic heterocycles. The van der Waals surface area contributed by atoms with Gasteiger partial charge < -0.3 is 16.4 Å². The minimum Gasteiger partial charge on any atom is -2.00 e. The fourth-order valence-corrected chi connectivity index (χ4v) is 0. The van der Waals surface area contributed by atoms with E-state index in [1.807, 2.05) is 0 Å². The summed E-state index contributed by atoms with van der Waals surface area (Å²) in [7, 11) is 0. The number of rotatable bonds is 0. The van der Waals surface area contributed by atoms with Crippen LogP contribution in [0.2, 0.25) is 0 Å². The van der Waals surface area contributed by atoms with Gasteiger partial charge in [0.1, 0.15) is 0 Å². The van der Waals surface area contributed by atoms with Gasteiger partial charge in [0, 0.05) is 0 Å². The number of hydrogen-bond donors (Lipinski definition) is 0. The van der Waals surface area contributed by atoms with E-state index in [1.165, 1.54) is 44.7 Å². The van der Waals surface area contributed by atoms with Crippen molar-refractivity contribution in [2.24, 2.45) is 0 Å². The van der Waals surface area contributed by atoms with Gasteiger partial charge in [0.15, 0.2) is 0 Å². The summed E-state index contributed by atoms with van der Waals surface area (Å²) in [6.07, 6.45) is 0. The Kier molecular flexibility index (Phi) is 351. The molecule has 0 N–H and O–H groups in total. The second-order valence-corrected chi connectivity index (χ2v) is 0. The fourth-order valence-electron chi connectivity index (χ4n) is 0. The van der Waals surface area contributed by atoms with E-state index in [0.29, 0.717) is 0 Å². The average molecular weight is 390 g/mol. The molecular weight excluding hydrogens is 390 g/mol. The van der Waals surface area contributed by atoms with Gasteiger partial charge in [0.25, 0.3) is 0 Å². The maximum Gasteiger partial charge on any atom is -2.00 e. The van der Waals surface area contributed by atoms with Crippen LogP contribution < -0.4 is 0 Å². The van der Waals surface area contributed by atoms with Crippen LogP contribution in [0.4, 0.5) is 0 Å². The van der Waals surface area contributed by atoms with Crippen LogP contribution in [0.1, 0.15) is 0 Å². The van der Waals surface area contributed by atoms with Crippen molar-refractivity contribution < 1.29 is 61.2 Å². The van der Waals surface area contributed by atoms with Gasteiger partial charge in [-0.25, -0.2) is 0 Å². The summed E-state index contributed by atoms with van der Waals surface area (Å²) in [5, 5.41) is 0. The van der Waals surface area contributed by atoms with Gasteiger partial charge in [-0.1, -0.05) is 0 Å². The molecule has 0 aliphatic heterocycles. The molecular formula is Br2O3Zr2. The van der Waals surface area contributed by atoms with Crippen molar-refractivity contribution in [3.05, 3.63) is 0 Å². The van der Waals surface area contributed by atoms with Gasteiger partial charge in [-0.15, -0.1) is 0 Å². The first-order valence-electron chi connectivity index (χ1n) is 0.378. The van der Waals surface area contributed by atoms with Crippen LogP contribution in [0.15, 0.2) is 0 Å². The van der Waals surface area contributed by atoms with Crippen LogP contribution >= 0.6 is 24.4 Å². The molecule has 0 aliphatic rings. The molecule has 0 saturated heterocycles. The Balaban J connectivity index is -0.00000000267. The standard InChI is InChI=1S/2BrH.3O.2Zr/h2*1H;;;;;/q;;3*-2;2*+4/p-2. The molecule has 40 valence electrons. The van der Waals surface area contributed by atoms with E-state index in [4.69, 9.17) is 0 Å². The molecule has 0 unspecified atom stereocenters. The first-order chi connectivity index (χ1) is 2.00. The van der Waals surface area contributed by atoms with Crippen molar-refractivity contribution in [1.29, 1.82) is 0 Å². The summed E-state index contributed by atoms with van der Waals surface area (Å²) < 4.78 is 0. The van der Waals surface area contributed by atoms with E-state index in [-0.39, 0.29) is 16.4 Å². The second kappa shape index (κ2) is 73.3. The Morgan fingerprint density at radius 2 is 0.571 bits per heavy atom. The van der Waals surface area contributed by atoms with Crippen molar-refractivity contribution >= 4 is 24.4 Å². The predicted octanol–water partition coefficient (Wildman–Crippen LogP) is 1.33. The predicted molar refractivity (Wildman–Crippen MR) is 19.9 cm³/mol. The maximum atomic E-state index is 3.03. The van der Waals surface area contributed by atoms with E-state index in [2.05, 4.69) is 24.4 Å². The third kappa shape index (κ3) is 55.3. The van der Waals surface area contributed by atoms with Gasteiger partial charge >= 0.3 is 69.2 Å². The molecule has 0 atom stereocenters. The monoisotopic (exact) mass is 386 g/mol. The first-order valence-corrected chi connectivity index (χ1v) is 11.6. The Labute approximate surface area is 84.1 Å². The smallest absolute Gasteiger partial charge is 2.00 e. The Morgan fingerprint density at radius 3 is 0.571 bits per heavy atom. The van der Waals surface area contributed by atoms with Crippen LogP contribution in [0.3, 0.4) is 0 Å². The molecule has 0 heterocycles. The molecule has 0 aromatic carbocycles. The molecule has 0 aromatic rings. The summed E-state index contributed by atoms with van der Waals surface area (Å²) in [6.45, 7) is 0. The topological polar surface area (TPSA) is 85.5 Å². The van der Waals surface area contributed by atoms with Crippen LogP contribution in [0.5, 0.6) is 0 Å². The van der Waals surface area contributed by atoms with Gasteiger partial charge in [0.2, 0.25) is 0 Å². The van der Waals surface area contributed by atoms with Crippen molar-refractivity contribution in [1.82, 2.24) is 0 Å². The van der Waals surface area contributed by atoms with Crippen LogP contribution in [0, 0.1) is 0 Å². The molecule has 0 rings (SSSR count). The minimum atomic E-state index is 0. The SMILES string of the molecule is [Br][Zr+3].[Br][Zr+3].[O-2].[O-2].[O-2]. The third-order valence-corrected chi connectivity index (χ3v) is 0. The van der Waals surface area contributed by atoms with Crippen LogP contribution in [-0.4, -0.2) is 0 Å². The summed E-state index contributed by atoms with van der Waals surface area (Å²) in [4.78, 5) is 0. The second-order valence-electron chi connectivity index (χ2n) is 0. The first kappa shape index (κ1) is 33.5. The molecule has 0 amide bonds. The Morgan fingerprint density at radius 1 is 0.571 bits per heavy atom. The molecule has 0 radical (unpaired) electrons. The summed E-state index contributed by atoms with van der Waals surface area (Å²) in [5.74, 6) is 0. The molecule has 0 spiro atoms. The zero-order valence-corrected chi connectivity index (χ0v) is 11.1. The summed E-state index contributed by atoms with van der Waals surface area (Å²) in [6, 6.07) is 0. The normalized spacial score (nSPS) is 2.00. The molecule has 0 bridgehead atoms. The number of halogens is 2. The van der Waals surface area contributed by atoms with E-state index >= 15 is 0 Å². The van der Waals surface area contributed by atoms with Crippen LogP contribution in [0.25, 0.3) is 0 Å². The molecule has 7 heavy (non-hydrogen) atoms. The van der Waals surface area contributed by atoms with Crippen molar-refractivity contribution in [2.45, 2.75) is 0 Å². The fraction of sp³-hybridized carbons (Fsp3) is 0. The zero-order chi connectivity index (χ0) is 4.00. The van der Waals surface area contributed by atoms with E-state index < -0.39 is 0 Å². The quantitative estimate of drug-likeness (QED) is 0.598. The minimum absolute atomic E-state index is 0. The molecule has 0 saturated carbocycles. The molecule has 0 aliphatic carbocycles. The molecule has 7 heteroatoms. The Hall–Kier alpha value is 2.61. The third-order valence-electron chi connectivity index (χ3n) is 0. The molecule has 0 fully saturated rings. The average Bonchev–Trinajstić information content (AvgIpc) is 1.50. The van der Waals surface area contributed by atoms with Gasteiger partial charge in [0.05, 0.1) is 0 Å². The number of hydrogen-bond acceptors (Lipinski definition) is 0. The molecule has 3 nitrogen and oxygen atoms in total. The van der Waals surface area contributed by atoms with Gasteiger partial charge in [-0.2, -0.15) is 0 Å².